The van der Waals surface area contributed by atoms with Crippen molar-refractivity contribution in [1.29, 1.82) is 0 Å². The highest BCUT2D eigenvalue weighted by Gasteiger charge is 2.20. The Morgan fingerprint density at radius 1 is 1.00 bits per heavy atom. The van der Waals surface area contributed by atoms with Crippen LogP contribution in [-0.2, 0) is 17.9 Å². The molecule has 0 aliphatic carbocycles. The van der Waals surface area contributed by atoms with Gasteiger partial charge >= 0.3 is 0 Å². The van der Waals surface area contributed by atoms with Crippen molar-refractivity contribution in [3.8, 4) is 11.1 Å². The average molecular weight is 378 g/mol. The quantitative estimate of drug-likeness (QED) is 0.809. The molecule has 2 aliphatic heterocycles. The van der Waals surface area contributed by atoms with E-state index in [9.17, 15) is 4.79 Å². The highest BCUT2D eigenvalue weighted by atomic mass is 16.1. The minimum atomic E-state index is 0.151. The molecule has 0 unspecified atom stereocenters. The molecule has 148 valence electrons. The summed E-state index contributed by atoms with van der Waals surface area (Å²) in [5.74, 6) is 0.343. The van der Waals surface area contributed by atoms with Gasteiger partial charge in [-0.15, -0.1) is 0 Å². The summed E-state index contributed by atoms with van der Waals surface area (Å²) in [6.07, 6.45) is 4.53. The van der Waals surface area contributed by atoms with E-state index >= 15 is 0 Å². The molecule has 0 saturated carbocycles. The lowest BCUT2D eigenvalue weighted by Gasteiger charge is -2.22. The molecule has 2 saturated heterocycles. The lowest BCUT2D eigenvalue weighted by Crippen LogP contribution is -2.37. The minimum Gasteiger partial charge on any atom is -0.352 e. The normalized spacial score (nSPS) is 18.3. The average Bonchev–Trinajstić information content (AvgIpc) is 3.26. The molecule has 1 amide bonds. The van der Waals surface area contributed by atoms with Gasteiger partial charge < -0.3 is 10.6 Å². The van der Waals surface area contributed by atoms with Crippen LogP contribution in [0.3, 0.4) is 0 Å². The summed E-state index contributed by atoms with van der Waals surface area (Å²) in [6, 6.07) is 17.3. The predicted octanol–water partition coefficient (Wildman–Crippen LogP) is 3.57. The molecule has 0 spiro atoms. The lowest BCUT2D eigenvalue weighted by atomic mass is 9.96. The minimum absolute atomic E-state index is 0.151. The lowest BCUT2D eigenvalue weighted by molar-refractivity contribution is -0.125. The Bertz CT molecular complexity index is 775. The van der Waals surface area contributed by atoms with Gasteiger partial charge in [0.25, 0.3) is 0 Å². The first-order valence-corrected chi connectivity index (χ1v) is 10.7. The fraction of sp³-hybridized carbons (Fsp3) is 0.458. The van der Waals surface area contributed by atoms with Crippen molar-refractivity contribution in [2.45, 2.75) is 38.8 Å². The van der Waals surface area contributed by atoms with Crippen molar-refractivity contribution in [1.82, 2.24) is 15.5 Å². The van der Waals surface area contributed by atoms with Gasteiger partial charge in [-0.2, -0.15) is 0 Å². The number of likely N-dealkylation sites (tertiary alicyclic amines) is 1. The number of carbonyl (C=O) groups excluding carboxylic acids is 1. The van der Waals surface area contributed by atoms with E-state index in [1.807, 2.05) is 0 Å². The molecule has 0 aromatic heterocycles. The number of rotatable bonds is 6. The van der Waals surface area contributed by atoms with Gasteiger partial charge in [-0.3, -0.25) is 9.69 Å². The van der Waals surface area contributed by atoms with Gasteiger partial charge in [0, 0.05) is 19.0 Å². The Morgan fingerprint density at radius 3 is 2.46 bits per heavy atom. The fourth-order valence-corrected chi connectivity index (χ4v) is 4.36. The smallest absolute Gasteiger partial charge is 0.223 e. The second-order valence-corrected chi connectivity index (χ2v) is 8.08. The summed E-state index contributed by atoms with van der Waals surface area (Å²) >= 11 is 0. The van der Waals surface area contributed by atoms with Gasteiger partial charge in [0.15, 0.2) is 0 Å². The monoisotopic (exact) mass is 377 g/mol. The van der Waals surface area contributed by atoms with E-state index < -0.39 is 0 Å². The highest BCUT2D eigenvalue weighted by molar-refractivity contribution is 5.79. The number of nitrogens with one attached hydrogen (secondary N) is 2. The number of hydrogen-bond acceptors (Lipinski definition) is 3. The van der Waals surface area contributed by atoms with Crippen LogP contribution in [0.5, 0.6) is 0 Å². The summed E-state index contributed by atoms with van der Waals surface area (Å²) in [4.78, 5) is 15.0. The van der Waals surface area contributed by atoms with Gasteiger partial charge in [0.2, 0.25) is 5.91 Å². The molecule has 4 heteroatoms. The van der Waals surface area contributed by atoms with Crippen LogP contribution in [0.4, 0.5) is 0 Å². The van der Waals surface area contributed by atoms with Gasteiger partial charge in [0.05, 0.1) is 0 Å². The van der Waals surface area contributed by atoms with Crippen LogP contribution in [0.25, 0.3) is 11.1 Å². The van der Waals surface area contributed by atoms with E-state index in [-0.39, 0.29) is 11.8 Å². The second-order valence-electron chi connectivity index (χ2n) is 8.08. The summed E-state index contributed by atoms with van der Waals surface area (Å²) in [5.41, 5.74) is 4.98. The fourth-order valence-electron chi connectivity index (χ4n) is 4.36. The van der Waals surface area contributed by atoms with E-state index in [1.54, 1.807) is 0 Å². The van der Waals surface area contributed by atoms with Crippen molar-refractivity contribution in [2.24, 2.45) is 5.92 Å². The Labute approximate surface area is 168 Å². The second kappa shape index (κ2) is 9.35. The number of hydrogen-bond donors (Lipinski definition) is 2. The number of nitrogens with zero attached hydrogens (tertiary/aromatic N) is 1. The highest BCUT2D eigenvalue weighted by Crippen LogP contribution is 2.25. The van der Waals surface area contributed by atoms with Crippen molar-refractivity contribution < 1.29 is 4.79 Å². The van der Waals surface area contributed by atoms with Crippen molar-refractivity contribution in [3.05, 3.63) is 59.7 Å². The van der Waals surface area contributed by atoms with E-state index in [0.717, 1.165) is 32.5 Å². The number of amides is 1. The van der Waals surface area contributed by atoms with Crippen molar-refractivity contribution in [2.75, 3.05) is 26.2 Å². The molecule has 2 aromatic carbocycles. The molecule has 0 atom stereocenters. The van der Waals surface area contributed by atoms with E-state index in [0.29, 0.717) is 6.54 Å². The van der Waals surface area contributed by atoms with Crippen LogP contribution >= 0.6 is 0 Å². The predicted molar refractivity (Wildman–Crippen MR) is 114 cm³/mol. The molecule has 2 aromatic rings. The molecule has 0 bridgehead atoms. The summed E-state index contributed by atoms with van der Waals surface area (Å²) in [7, 11) is 0. The third-order valence-electron chi connectivity index (χ3n) is 6.05. The maximum absolute atomic E-state index is 12.5. The molecular weight excluding hydrogens is 346 g/mol. The number of piperidine rings is 1. The number of benzene rings is 2. The largest absolute Gasteiger partial charge is 0.352 e. The molecule has 2 heterocycles. The molecule has 28 heavy (non-hydrogen) atoms. The van der Waals surface area contributed by atoms with Crippen LogP contribution < -0.4 is 10.6 Å². The summed E-state index contributed by atoms with van der Waals surface area (Å²) in [6.45, 7) is 5.97. The van der Waals surface area contributed by atoms with Gasteiger partial charge in [-0.1, -0.05) is 48.5 Å². The van der Waals surface area contributed by atoms with Gasteiger partial charge in [0.1, 0.15) is 0 Å². The van der Waals surface area contributed by atoms with Gasteiger partial charge in [-0.05, 0) is 74.1 Å². The molecular formula is C24H31N3O. The number of carbonyl (C=O) groups is 1. The van der Waals surface area contributed by atoms with Crippen LogP contribution in [0.1, 0.15) is 36.8 Å². The maximum Gasteiger partial charge on any atom is 0.223 e. The molecule has 0 radical (unpaired) electrons. The first-order valence-electron chi connectivity index (χ1n) is 10.7. The van der Waals surface area contributed by atoms with Crippen molar-refractivity contribution >= 4 is 5.91 Å². The van der Waals surface area contributed by atoms with Crippen LogP contribution in [0.15, 0.2) is 48.5 Å². The Morgan fingerprint density at radius 2 is 1.71 bits per heavy atom. The third-order valence-corrected chi connectivity index (χ3v) is 6.05. The topological polar surface area (TPSA) is 44.4 Å². The molecule has 2 fully saturated rings. The SMILES string of the molecule is O=C(NCc1ccccc1-c1ccc(CN2CCCC2)cc1)C1CCNCC1. The van der Waals surface area contributed by atoms with E-state index in [1.165, 1.54) is 48.2 Å². The third kappa shape index (κ3) is 4.81. The van der Waals surface area contributed by atoms with Gasteiger partial charge in [-0.25, -0.2) is 0 Å². The first-order chi connectivity index (χ1) is 13.8. The zero-order valence-electron chi connectivity index (χ0n) is 16.6. The zero-order chi connectivity index (χ0) is 19.2. The van der Waals surface area contributed by atoms with Crippen LogP contribution in [-0.4, -0.2) is 37.0 Å². The maximum atomic E-state index is 12.5. The molecule has 2 aliphatic rings. The Kier molecular flexibility index (Phi) is 6.40. The first kappa shape index (κ1) is 19.2. The Balaban J connectivity index is 1.41. The molecule has 2 N–H and O–H groups in total. The van der Waals surface area contributed by atoms with Crippen molar-refractivity contribution in [3.63, 3.8) is 0 Å². The summed E-state index contributed by atoms with van der Waals surface area (Å²) in [5, 5.41) is 6.48. The van der Waals surface area contributed by atoms with Crippen LogP contribution in [0.2, 0.25) is 0 Å². The Hall–Kier alpha value is -2.17. The van der Waals surface area contributed by atoms with E-state index in [2.05, 4.69) is 64.1 Å². The van der Waals surface area contributed by atoms with Crippen LogP contribution in [0, 0.1) is 5.92 Å². The molecule has 4 nitrogen and oxygen atoms in total. The van der Waals surface area contributed by atoms with E-state index in [4.69, 9.17) is 0 Å². The standard InChI is InChI=1S/C24H31N3O/c28-24(21-11-13-25-14-12-21)26-17-22-5-1-2-6-23(22)20-9-7-19(8-10-20)18-27-15-3-4-16-27/h1-2,5-10,21,25H,3-4,11-18H2,(H,26,28). The summed E-state index contributed by atoms with van der Waals surface area (Å²) < 4.78 is 0. The molecule has 4 rings (SSSR count). The zero-order valence-corrected chi connectivity index (χ0v) is 16.6.